The molecule has 0 fully saturated rings. The maximum absolute atomic E-state index is 11.7. The van der Waals surface area contributed by atoms with Crippen molar-refractivity contribution >= 4 is 21.8 Å². The van der Waals surface area contributed by atoms with E-state index in [1.165, 1.54) is 0 Å². The highest BCUT2D eigenvalue weighted by molar-refractivity contribution is 9.11. The van der Waals surface area contributed by atoms with E-state index >= 15 is 0 Å². The van der Waals surface area contributed by atoms with Crippen molar-refractivity contribution in [3.63, 3.8) is 0 Å². The van der Waals surface area contributed by atoms with Gasteiger partial charge in [-0.05, 0) is 12.0 Å². The number of hydrogen-bond acceptors (Lipinski definition) is 2. The number of aliphatic hydroxyl groups is 1. The van der Waals surface area contributed by atoms with Crippen LogP contribution in [0.5, 0.6) is 0 Å². The molecule has 0 radical (unpaired) electrons. The van der Waals surface area contributed by atoms with Crippen molar-refractivity contribution in [2.24, 2.45) is 0 Å². The van der Waals surface area contributed by atoms with Crippen molar-refractivity contribution in [1.82, 2.24) is 4.90 Å². The van der Waals surface area contributed by atoms with E-state index in [1.807, 2.05) is 13.0 Å². The maximum atomic E-state index is 11.7. The highest BCUT2D eigenvalue weighted by atomic mass is 79.9. The number of carbonyl (C=O) groups is 1. The average Bonchev–Trinajstić information content (AvgIpc) is 2.29. The number of carbonyl (C=O) groups excluding carboxylic acids is 1. The molecule has 16 heavy (non-hydrogen) atoms. The second-order valence-electron chi connectivity index (χ2n) is 3.62. The van der Waals surface area contributed by atoms with Gasteiger partial charge in [-0.3, -0.25) is 4.79 Å². The lowest BCUT2D eigenvalue weighted by Gasteiger charge is -2.26. The summed E-state index contributed by atoms with van der Waals surface area (Å²) in [5, 5.41) is 9.53. The maximum Gasteiger partial charge on any atom is 0.289 e. The highest BCUT2D eigenvalue weighted by Gasteiger charge is 2.25. The largest absolute Gasteiger partial charge is 0.502 e. The van der Waals surface area contributed by atoms with Crippen LogP contribution in [0.25, 0.3) is 0 Å². The van der Waals surface area contributed by atoms with Crippen LogP contribution in [-0.2, 0) is 4.79 Å². The fraction of sp³-hybridized carbons (Fsp3) is 0.417. The molecule has 0 spiro atoms. The Balaban J connectivity index is 2.74. The van der Waals surface area contributed by atoms with Gasteiger partial charge in [0.2, 0.25) is 0 Å². The molecule has 0 bridgehead atoms. The van der Waals surface area contributed by atoms with Crippen molar-refractivity contribution < 1.29 is 9.90 Å². The SMILES string of the molecule is C=C/C(=C\CC)CN1CCC(Br)=C(O)C1=O. The summed E-state index contributed by atoms with van der Waals surface area (Å²) >= 11 is 3.18. The van der Waals surface area contributed by atoms with Crippen LogP contribution >= 0.6 is 15.9 Å². The summed E-state index contributed by atoms with van der Waals surface area (Å²) in [6.07, 6.45) is 5.36. The molecule has 1 aliphatic rings. The number of aliphatic hydroxyl groups excluding tert-OH is 1. The summed E-state index contributed by atoms with van der Waals surface area (Å²) in [7, 11) is 0. The van der Waals surface area contributed by atoms with Gasteiger partial charge >= 0.3 is 0 Å². The van der Waals surface area contributed by atoms with Crippen LogP contribution in [-0.4, -0.2) is 29.0 Å². The first-order chi connectivity index (χ1) is 7.60. The summed E-state index contributed by atoms with van der Waals surface area (Å²) in [5.74, 6) is -0.492. The van der Waals surface area contributed by atoms with Gasteiger partial charge in [-0.15, -0.1) is 0 Å². The molecular weight excluding hydrogens is 270 g/mol. The van der Waals surface area contributed by atoms with E-state index < -0.39 is 0 Å². The molecule has 3 nitrogen and oxygen atoms in total. The number of hydrogen-bond donors (Lipinski definition) is 1. The Labute approximate surface area is 104 Å². The molecule has 1 heterocycles. The van der Waals surface area contributed by atoms with E-state index in [2.05, 4.69) is 22.5 Å². The molecule has 0 aromatic rings. The lowest BCUT2D eigenvalue weighted by Crippen LogP contribution is -2.37. The van der Waals surface area contributed by atoms with Crippen LogP contribution in [0, 0.1) is 0 Å². The summed E-state index contributed by atoms with van der Waals surface area (Å²) in [4.78, 5) is 13.3. The van der Waals surface area contributed by atoms with Crippen molar-refractivity contribution in [3.8, 4) is 0 Å². The third kappa shape index (κ3) is 2.98. The monoisotopic (exact) mass is 285 g/mol. The van der Waals surface area contributed by atoms with Gasteiger partial charge in [-0.25, -0.2) is 0 Å². The molecule has 0 aromatic heterocycles. The van der Waals surface area contributed by atoms with E-state index in [0.717, 1.165) is 12.0 Å². The van der Waals surface area contributed by atoms with Gasteiger partial charge in [0.25, 0.3) is 5.91 Å². The van der Waals surface area contributed by atoms with Gasteiger partial charge in [-0.2, -0.15) is 0 Å². The molecule has 0 saturated carbocycles. The molecule has 0 aromatic carbocycles. The Kier molecular flexibility index (Phi) is 4.80. The second kappa shape index (κ2) is 5.89. The smallest absolute Gasteiger partial charge is 0.289 e. The molecule has 1 N–H and O–H groups in total. The Bertz CT molecular complexity index is 358. The Morgan fingerprint density at radius 2 is 2.38 bits per heavy atom. The van der Waals surface area contributed by atoms with E-state index in [-0.39, 0.29) is 11.7 Å². The predicted octanol–water partition coefficient (Wildman–Crippen LogP) is 2.91. The van der Waals surface area contributed by atoms with Crippen LogP contribution in [0.3, 0.4) is 0 Å². The van der Waals surface area contributed by atoms with E-state index in [9.17, 15) is 9.90 Å². The molecule has 1 amide bonds. The number of halogens is 1. The number of rotatable bonds is 4. The fourth-order valence-electron chi connectivity index (χ4n) is 1.56. The van der Waals surface area contributed by atoms with Crippen LogP contribution < -0.4 is 0 Å². The zero-order valence-electron chi connectivity index (χ0n) is 9.37. The lowest BCUT2D eigenvalue weighted by atomic mass is 10.1. The van der Waals surface area contributed by atoms with E-state index in [4.69, 9.17) is 0 Å². The Morgan fingerprint density at radius 3 is 2.94 bits per heavy atom. The van der Waals surface area contributed by atoms with Gasteiger partial charge in [0, 0.05) is 24.0 Å². The summed E-state index contributed by atoms with van der Waals surface area (Å²) in [6, 6.07) is 0. The predicted molar refractivity (Wildman–Crippen MR) is 68.3 cm³/mol. The molecule has 1 rings (SSSR count). The van der Waals surface area contributed by atoms with Crippen LogP contribution in [0.4, 0.5) is 0 Å². The minimum atomic E-state index is -0.318. The number of amides is 1. The molecule has 0 saturated heterocycles. The van der Waals surface area contributed by atoms with E-state index in [0.29, 0.717) is 24.0 Å². The van der Waals surface area contributed by atoms with Gasteiger partial charge in [0.15, 0.2) is 5.76 Å². The quantitative estimate of drug-likeness (QED) is 0.807. The Hall–Kier alpha value is -1.03. The molecule has 0 atom stereocenters. The van der Waals surface area contributed by atoms with Crippen molar-refractivity contribution in [2.75, 3.05) is 13.1 Å². The third-order valence-electron chi connectivity index (χ3n) is 2.45. The Morgan fingerprint density at radius 1 is 1.69 bits per heavy atom. The zero-order chi connectivity index (χ0) is 12.1. The topological polar surface area (TPSA) is 40.5 Å². The average molecular weight is 286 g/mol. The highest BCUT2D eigenvalue weighted by Crippen LogP contribution is 2.22. The van der Waals surface area contributed by atoms with Crippen molar-refractivity contribution in [2.45, 2.75) is 19.8 Å². The van der Waals surface area contributed by atoms with Crippen molar-refractivity contribution in [3.05, 3.63) is 34.5 Å². The third-order valence-corrected chi connectivity index (χ3v) is 3.22. The molecular formula is C12H16BrNO2. The minimum absolute atomic E-state index is 0.175. The normalized spacial score (nSPS) is 18.0. The van der Waals surface area contributed by atoms with Gasteiger partial charge in [-0.1, -0.05) is 41.6 Å². The number of nitrogens with zero attached hydrogens (tertiary/aromatic N) is 1. The molecule has 1 aliphatic heterocycles. The van der Waals surface area contributed by atoms with E-state index in [1.54, 1.807) is 11.0 Å². The first kappa shape index (κ1) is 13.0. The number of allylic oxidation sites excluding steroid dienone is 1. The van der Waals surface area contributed by atoms with Gasteiger partial charge < -0.3 is 10.0 Å². The lowest BCUT2D eigenvalue weighted by molar-refractivity contribution is -0.130. The van der Waals surface area contributed by atoms with Crippen LogP contribution in [0.15, 0.2) is 34.5 Å². The van der Waals surface area contributed by atoms with Crippen LogP contribution in [0.1, 0.15) is 19.8 Å². The minimum Gasteiger partial charge on any atom is -0.502 e. The van der Waals surface area contributed by atoms with Gasteiger partial charge in [0.1, 0.15) is 0 Å². The summed E-state index contributed by atoms with van der Waals surface area (Å²) in [5.41, 5.74) is 1.02. The molecule has 0 unspecified atom stereocenters. The first-order valence-electron chi connectivity index (χ1n) is 5.28. The fourth-order valence-corrected chi connectivity index (χ4v) is 1.91. The standard InChI is InChI=1S/C12H16BrNO2/c1-3-5-9(4-2)8-14-7-6-10(13)11(15)12(14)16/h4-5,15H,2-3,6-8H2,1H3/b9-5+. The zero-order valence-corrected chi connectivity index (χ0v) is 11.0. The van der Waals surface area contributed by atoms with Gasteiger partial charge in [0.05, 0.1) is 0 Å². The van der Waals surface area contributed by atoms with Crippen molar-refractivity contribution in [1.29, 1.82) is 0 Å². The summed E-state index contributed by atoms with van der Waals surface area (Å²) < 4.78 is 0.591. The molecule has 88 valence electrons. The first-order valence-corrected chi connectivity index (χ1v) is 6.07. The molecule has 0 aliphatic carbocycles. The summed E-state index contributed by atoms with van der Waals surface area (Å²) in [6.45, 7) is 6.89. The second-order valence-corrected chi connectivity index (χ2v) is 4.58. The van der Waals surface area contributed by atoms with Crippen LogP contribution in [0.2, 0.25) is 0 Å². The molecule has 4 heteroatoms.